The van der Waals surface area contributed by atoms with E-state index in [0.717, 1.165) is 38.0 Å². The van der Waals surface area contributed by atoms with Gasteiger partial charge in [0.05, 0.1) is 13.2 Å². The average Bonchev–Trinajstić information content (AvgIpc) is 2.67. The van der Waals surface area contributed by atoms with Crippen LogP contribution in [0.4, 0.5) is 0 Å². The molecule has 0 spiro atoms. The third kappa shape index (κ3) is 3.97. The molecule has 128 valence electrons. The number of carbonyl (C=O) groups is 1. The van der Waals surface area contributed by atoms with Gasteiger partial charge in [-0.2, -0.15) is 0 Å². The van der Waals surface area contributed by atoms with E-state index in [1.807, 2.05) is 6.08 Å². The molecule has 0 bridgehead atoms. The quantitative estimate of drug-likeness (QED) is 0.725. The number of nitrogens with zero attached hydrogens (tertiary/aromatic N) is 1. The van der Waals surface area contributed by atoms with E-state index in [1.165, 1.54) is 18.9 Å². The maximum absolute atomic E-state index is 11.9. The van der Waals surface area contributed by atoms with Gasteiger partial charge in [0.2, 0.25) is 0 Å². The van der Waals surface area contributed by atoms with Gasteiger partial charge in [-0.1, -0.05) is 29.9 Å². The first-order valence-corrected chi connectivity index (χ1v) is 8.31. The van der Waals surface area contributed by atoms with Crippen molar-refractivity contribution >= 4 is 5.97 Å². The van der Waals surface area contributed by atoms with Crippen molar-refractivity contribution in [2.75, 3.05) is 20.2 Å². The molecule has 3 aliphatic rings. The van der Waals surface area contributed by atoms with Crippen LogP contribution in [-0.4, -0.2) is 37.1 Å². The molecular weight excluding hydrogens is 306 g/mol. The molecule has 0 aromatic heterocycles. The minimum atomic E-state index is -0.257. The van der Waals surface area contributed by atoms with E-state index in [1.54, 1.807) is 12.5 Å². The Morgan fingerprint density at radius 1 is 1.38 bits per heavy atom. The first-order valence-electron chi connectivity index (χ1n) is 8.31. The molecular formula is C19H23NO4. The van der Waals surface area contributed by atoms with Crippen molar-refractivity contribution < 1.29 is 19.0 Å². The Morgan fingerprint density at radius 3 is 3.00 bits per heavy atom. The van der Waals surface area contributed by atoms with Crippen LogP contribution < -0.4 is 0 Å². The Morgan fingerprint density at radius 2 is 2.29 bits per heavy atom. The lowest BCUT2D eigenvalue weighted by atomic mass is 9.95. The Labute approximate surface area is 142 Å². The molecule has 0 amide bonds. The third-order valence-electron chi connectivity index (χ3n) is 4.48. The number of methoxy groups -OCH3 is 1. The molecule has 1 aliphatic carbocycles. The Bertz CT molecular complexity index is 627. The van der Waals surface area contributed by atoms with E-state index in [9.17, 15) is 4.79 Å². The van der Waals surface area contributed by atoms with Crippen LogP contribution in [-0.2, 0) is 19.0 Å². The molecule has 5 nitrogen and oxygen atoms in total. The molecule has 0 saturated heterocycles. The highest BCUT2D eigenvalue weighted by Gasteiger charge is 2.30. The molecule has 5 heteroatoms. The van der Waals surface area contributed by atoms with Crippen LogP contribution in [0.1, 0.15) is 25.7 Å². The van der Waals surface area contributed by atoms with Crippen LogP contribution in [0.2, 0.25) is 0 Å². The SMILES string of the molecule is COC(=O)C1=CCCN(C(CC2=CC=CCC2)C2=COC=CO2)C1. The van der Waals surface area contributed by atoms with Gasteiger partial charge in [-0.3, -0.25) is 4.90 Å². The Balaban J connectivity index is 1.77. The largest absolute Gasteiger partial charge is 0.466 e. The number of ether oxygens (including phenoxy) is 3. The van der Waals surface area contributed by atoms with E-state index in [-0.39, 0.29) is 12.0 Å². The molecule has 1 unspecified atom stereocenters. The zero-order chi connectivity index (χ0) is 16.8. The van der Waals surface area contributed by atoms with Crippen molar-refractivity contribution in [1.82, 2.24) is 4.90 Å². The molecule has 0 radical (unpaired) electrons. The highest BCUT2D eigenvalue weighted by atomic mass is 16.5. The van der Waals surface area contributed by atoms with Crippen LogP contribution in [0, 0.1) is 0 Å². The lowest BCUT2D eigenvalue weighted by Gasteiger charge is -2.35. The molecule has 0 fully saturated rings. The fourth-order valence-corrected chi connectivity index (χ4v) is 3.22. The number of allylic oxidation sites excluding steroid dienone is 3. The fourth-order valence-electron chi connectivity index (χ4n) is 3.22. The number of rotatable bonds is 5. The number of esters is 1. The highest BCUT2D eigenvalue weighted by molar-refractivity contribution is 5.88. The van der Waals surface area contributed by atoms with E-state index in [2.05, 4.69) is 23.1 Å². The van der Waals surface area contributed by atoms with Crippen molar-refractivity contribution in [3.05, 3.63) is 60.0 Å². The summed E-state index contributed by atoms with van der Waals surface area (Å²) in [7, 11) is 1.42. The fraction of sp³-hybridized carbons (Fsp3) is 0.421. The first-order chi connectivity index (χ1) is 11.8. The summed E-state index contributed by atoms with van der Waals surface area (Å²) in [4.78, 5) is 14.1. The molecule has 0 aromatic rings. The third-order valence-corrected chi connectivity index (χ3v) is 4.48. The van der Waals surface area contributed by atoms with Crippen molar-refractivity contribution in [2.45, 2.75) is 31.7 Å². The second kappa shape index (κ2) is 8.02. The molecule has 1 atom stereocenters. The summed E-state index contributed by atoms with van der Waals surface area (Å²) in [6.45, 7) is 1.43. The number of hydrogen-bond acceptors (Lipinski definition) is 5. The molecule has 0 aromatic carbocycles. The highest BCUT2D eigenvalue weighted by Crippen LogP contribution is 2.28. The zero-order valence-corrected chi connectivity index (χ0v) is 13.9. The molecule has 24 heavy (non-hydrogen) atoms. The maximum atomic E-state index is 11.9. The molecule has 0 saturated carbocycles. The van der Waals surface area contributed by atoms with Crippen LogP contribution in [0.15, 0.2) is 60.0 Å². The summed E-state index contributed by atoms with van der Waals surface area (Å²) in [6.07, 6.45) is 17.0. The van der Waals surface area contributed by atoms with Crippen molar-refractivity contribution in [3.8, 4) is 0 Å². The van der Waals surface area contributed by atoms with E-state index in [0.29, 0.717) is 12.1 Å². The predicted octanol–water partition coefficient (Wildman–Crippen LogP) is 3.19. The minimum absolute atomic E-state index is 0.0426. The summed E-state index contributed by atoms with van der Waals surface area (Å²) in [6, 6.07) is 0.0426. The zero-order valence-electron chi connectivity index (χ0n) is 13.9. The Hall–Kier alpha value is -2.27. The molecule has 2 heterocycles. The summed E-state index contributed by atoms with van der Waals surface area (Å²) in [5.41, 5.74) is 2.09. The van der Waals surface area contributed by atoms with Crippen LogP contribution in [0.25, 0.3) is 0 Å². The molecule has 0 N–H and O–H groups in total. The lowest BCUT2D eigenvalue weighted by Crippen LogP contribution is -2.42. The van der Waals surface area contributed by atoms with E-state index in [4.69, 9.17) is 14.2 Å². The minimum Gasteiger partial charge on any atom is -0.466 e. The standard InChI is InChI=1S/C19H23NO4/c1-22-19(21)16-8-5-9-20(13-16)17(18-14-23-10-11-24-18)12-15-6-3-2-4-7-15/h2-3,6,8,10-11,14,17H,4-5,7,9,12-13H2,1H3. The van der Waals surface area contributed by atoms with E-state index >= 15 is 0 Å². The second-order valence-corrected chi connectivity index (χ2v) is 6.04. The van der Waals surface area contributed by atoms with Gasteiger partial charge in [-0.25, -0.2) is 4.79 Å². The van der Waals surface area contributed by atoms with Gasteiger partial charge < -0.3 is 14.2 Å². The van der Waals surface area contributed by atoms with Crippen LogP contribution in [0.3, 0.4) is 0 Å². The summed E-state index contributed by atoms with van der Waals surface area (Å²) >= 11 is 0. The van der Waals surface area contributed by atoms with Gasteiger partial charge in [-0.05, 0) is 25.7 Å². The predicted molar refractivity (Wildman–Crippen MR) is 90.5 cm³/mol. The van der Waals surface area contributed by atoms with E-state index < -0.39 is 0 Å². The van der Waals surface area contributed by atoms with Gasteiger partial charge in [0.25, 0.3) is 0 Å². The monoisotopic (exact) mass is 329 g/mol. The van der Waals surface area contributed by atoms with Crippen molar-refractivity contribution in [1.29, 1.82) is 0 Å². The summed E-state index contributed by atoms with van der Waals surface area (Å²) in [5, 5.41) is 0. The first kappa shape index (κ1) is 16.6. The smallest absolute Gasteiger partial charge is 0.334 e. The van der Waals surface area contributed by atoms with Gasteiger partial charge in [0, 0.05) is 18.7 Å². The van der Waals surface area contributed by atoms with Gasteiger partial charge in [-0.15, -0.1) is 0 Å². The topological polar surface area (TPSA) is 48.0 Å². The second-order valence-electron chi connectivity index (χ2n) is 6.04. The van der Waals surface area contributed by atoms with Gasteiger partial charge in [0.15, 0.2) is 5.76 Å². The lowest BCUT2D eigenvalue weighted by molar-refractivity contribution is -0.136. The van der Waals surface area contributed by atoms with Crippen LogP contribution in [0.5, 0.6) is 0 Å². The summed E-state index contributed by atoms with van der Waals surface area (Å²) in [5.74, 6) is 0.520. The van der Waals surface area contributed by atoms with Crippen LogP contribution >= 0.6 is 0 Å². The number of hydrogen-bond donors (Lipinski definition) is 0. The van der Waals surface area contributed by atoms with Gasteiger partial charge >= 0.3 is 5.97 Å². The van der Waals surface area contributed by atoms with Crippen molar-refractivity contribution in [3.63, 3.8) is 0 Å². The van der Waals surface area contributed by atoms with Gasteiger partial charge in [0.1, 0.15) is 18.8 Å². The van der Waals surface area contributed by atoms with Crippen molar-refractivity contribution in [2.24, 2.45) is 0 Å². The number of carbonyl (C=O) groups excluding carboxylic acids is 1. The Kier molecular flexibility index (Phi) is 5.54. The molecule has 3 rings (SSSR count). The molecule has 2 aliphatic heterocycles. The maximum Gasteiger partial charge on any atom is 0.334 e. The average molecular weight is 329 g/mol. The normalized spacial score (nSPS) is 21.8. The summed E-state index contributed by atoms with van der Waals surface area (Å²) < 4.78 is 15.9.